The molecule has 0 atom stereocenters. The van der Waals surface area contributed by atoms with Crippen molar-refractivity contribution >= 4 is 22.9 Å². The number of rotatable bonds is 13. The minimum atomic E-state index is -0.357. The third kappa shape index (κ3) is 6.49. The molecule has 3 rings (SSSR count). The zero-order valence-corrected chi connectivity index (χ0v) is 19.7. The van der Waals surface area contributed by atoms with E-state index >= 15 is 0 Å². The van der Waals surface area contributed by atoms with E-state index in [1.165, 1.54) is 0 Å². The summed E-state index contributed by atoms with van der Waals surface area (Å²) >= 11 is 0. The molecule has 0 saturated carbocycles. The Morgan fingerprint density at radius 2 is 1.91 bits per heavy atom. The summed E-state index contributed by atoms with van der Waals surface area (Å²) in [6.07, 6.45) is 4.23. The Bertz CT molecular complexity index is 1150. The van der Waals surface area contributed by atoms with Crippen LogP contribution in [-0.2, 0) is 20.8 Å². The van der Waals surface area contributed by atoms with E-state index in [1.54, 1.807) is 37.2 Å². The molecule has 0 bridgehead atoms. The standard InChI is InChI=1S/C23H30N6O5/c1-4-9-34-11-8-29-18-12-17(16-5-6-20(33-3)25-13-16)14-26-21(18)28-22(23(29)31)27-15-19(30)24-7-10-32-2/h5-6,12-14H,4,7-11,15H2,1-3H3,(H,24,30)(H,26,27,28). The Morgan fingerprint density at radius 1 is 1.09 bits per heavy atom. The number of amides is 1. The Hall–Kier alpha value is -3.57. The largest absolute Gasteiger partial charge is 0.481 e. The molecule has 3 aromatic rings. The summed E-state index contributed by atoms with van der Waals surface area (Å²) in [6.45, 7) is 3.99. The van der Waals surface area contributed by atoms with Crippen LogP contribution in [0.2, 0.25) is 0 Å². The number of aromatic nitrogens is 4. The van der Waals surface area contributed by atoms with Gasteiger partial charge < -0.3 is 24.8 Å². The molecule has 0 aliphatic carbocycles. The van der Waals surface area contributed by atoms with E-state index < -0.39 is 0 Å². The Balaban J connectivity index is 1.92. The summed E-state index contributed by atoms with van der Waals surface area (Å²) in [5, 5.41) is 5.52. The third-order valence-corrected chi connectivity index (χ3v) is 4.93. The maximum Gasteiger partial charge on any atom is 0.293 e. The molecule has 1 amide bonds. The number of methoxy groups -OCH3 is 2. The molecule has 2 N–H and O–H groups in total. The average molecular weight is 471 g/mol. The monoisotopic (exact) mass is 470 g/mol. The van der Waals surface area contributed by atoms with Crippen LogP contribution in [0.3, 0.4) is 0 Å². The SMILES string of the molecule is CCCOCCn1c(=O)c(NCC(=O)NCCOC)nc2ncc(-c3ccc(OC)nc3)cc21. The van der Waals surface area contributed by atoms with E-state index in [0.29, 0.717) is 50.0 Å². The molecule has 0 radical (unpaired) electrons. The molecular weight excluding hydrogens is 440 g/mol. The topological polar surface area (TPSA) is 129 Å². The second kappa shape index (κ2) is 12.6. The highest BCUT2D eigenvalue weighted by molar-refractivity contribution is 5.82. The van der Waals surface area contributed by atoms with Crippen LogP contribution in [-0.4, -0.2) is 72.6 Å². The molecular formula is C23H30N6O5. The van der Waals surface area contributed by atoms with E-state index in [2.05, 4.69) is 25.6 Å². The van der Waals surface area contributed by atoms with Crippen molar-refractivity contribution in [3.8, 4) is 17.0 Å². The molecule has 3 aromatic heterocycles. The number of ether oxygens (including phenoxy) is 3. The number of fused-ring (bicyclic) bond motifs is 1. The average Bonchev–Trinajstić information content (AvgIpc) is 2.86. The van der Waals surface area contributed by atoms with Gasteiger partial charge in [0.25, 0.3) is 5.56 Å². The van der Waals surface area contributed by atoms with Gasteiger partial charge in [-0.25, -0.2) is 15.0 Å². The van der Waals surface area contributed by atoms with Crippen molar-refractivity contribution in [3.63, 3.8) is 0 Å². The Labute approximate surface area is 197 Å². The van der Waals surface area contributed by atoms with Crippen molar-refractivity contribution in [2.24, 2.45) is 0 Å². The van der Waals surface area contributed by atoms with Crippen molar-refractivity contribution in [1.82, 2.24) is 24.8 Å². The van der Waals surface area contributed by atoms with Crippen LogP contribution in [0.1, 0.15) is 13.3 Å². The van der Waals surface area contributed by atoms with Crippen LogP contribution in [0.5, 0.6) is 5.88 Å². The first-order valence-electron chi connectivity index (χ1n) is 11.1. The normalized spacial score (nSPS) is 10.9. The molecule has 0 aliphatic heterocycles. The second-order valence-electron chi connectivity index (χ2n) is 7.38. The lowest BCUT2D eigenvalue weighted by Gasteiger charge is -2.14. The highest BCUT2D eigenvalue weighted by Gasteiger charge is 2.14. The predicted molar refractivity (Wildman–Crippen MR) is 128 cm³/mol. The van der Waals surface area contributed by atoms with Crippen LogP contribution in [0.15, 0.2) is 35.4 Å². The van der Waals surface area contributed by atoms with Crippen LogP contribution >= 0.6 is 0 Å². The molecule has 0 aromatic carbocycles. The van der Waals surface area contributed by atoms with Gasteiger partial charge in [0.15, 0.2) is 11.5 Å². The first kappa shape index (κ1) is 25.1. The highest BCUT2D eigenvalue weighted by atomic mass is 16.5. The molecule has 34 heavy (non-hydrogen) atoms. The van der Waals surface area contributed by atoms with Crippen molar-refractivity contribution < 1.29 is 19.0 Å². The lowest BCUT2D eigenvalue weighted by molar-refractivity contribution is -0.119. The van der Waals surface area contributed by atoms with Crippen molar-refractivity contribution in [1.29, 1.82) is 0 Å². The van der Waals surface area contributed by atoms with E-state index in [0.717, 1.165) is 17.5 Å². The lowest BCUT2D eigenvalue weighted by Crippen LogP contribution is -2.34. The van der Waals surface area contributed by atoms with Gasteiger partial charge in [-0.15, -0.1) is 0 Å². The maximum atomic E-state index is 13.2. The van der Waals surface area contributed by atoms with Gasteiger partial charge in [0, 0.05) is 56.4 Å². The van der Waals surface area contributed by atoms with E-state index in [1.807, 2.05) is 19.1 Å². The molecule has 3 heterocycles. The van der Waals surface area contributed by atoms with Crippen molar-refractivity contribution in [2.75, 3.05) is 52.4 Å². The van der Waals surface area contributed by atoms with E-state index in [-0.39, 0.29) is 23.8 Å². The summed E-state index contributed by atoms with van der Waals surface area (Å²) in [4.78, 5) is 38.3. The van der Waals surface area contributed by atoms with E-state index in [9.17, 15) is 9.59 Å². The van der Waals surface area contributed by atoms with Crippen LogP contribution < -0.4 is 20.9 Å². The minimum Gasteiger partial charge on any atom is -0.481 e. The highest BCUT2D eigenvalue weighted by Crippen LogP contribution is 2.23. The molecule has 182 valence electrons. The Kier molecular flexibility index (Phi) is 9.30. The smallest absolute Gasteiger partial charge is 0.293 e. The summed E-state index contributed by atoms with van der Waals surface area (Å²) in [5.74, 6) is 0.286. The molecule has 0 saturated heterocycles. The molecule has 0 aliphatic rings. The summed E-state index contributed by atoms with van der Waals surface area (Å²) in [5.41, 5.74) is 2.19. The number of hydrogen-bond donors (Lipinski definition) is 2. The zero-order valence-electron chi connectivity index (χ0n) is 19.7. The van der Waals surface area contributed by atoms with E-state index in [4.69, 9.17) is 14.2 Å². The van der Waals surface area contributed by atoms with Gasteiger partial charge in [0.1, 0.15) is 0 Å². The van der Waals surface area contributed by atoms with Gasteiger partial charge in [-0.05, 0) is 18.6 Å². The van der Waals surface area contributed by atoms with Gasteiger partial charge in [-0.2, -0.15) is 0 Å². The van der Waals surface area contributed by atoms with Gasteiger partial charge in [-0.1, -0.05) is 6.92 Å². The van der Waals surface area contributed by atoms with Gasteiger partial charge in [-0.3, -0.25) is 14.2 Å². The van der Waals surface area contributed by atoms with Crippen LogP contribution in [0.25, 0.3) is 22.3 Å². The molecule has 0 fully saturated rings. The molecule has 0 unspecified atom stereocenters. The fourth-order valence-electron chi connectivity index (χ4n) is 3.21. The fourth-order valence-corrected chi connectivity index (χ4v) is 3.21. The number of carbonyl (C=O) groups excluding carboxylic acids is 1. The quantitative estimate of drug-likeness (QED) is 0.357. The first-order chi connectivity index (χ1) is 16.6. The molecule has 11 nitrogen and oxygen atoms in total. The van der Waals surface area contributed by atoms with Crippen LogP contribution in [0, 0.1) is 0 Å². The lowest BCUT2D eigenvalue weighted by atomic mass is 10.1. The zero-order chi connectivity index (χ0) is 24.3. The fraction of sp³-hybridized carbons (Fsp3) is 0.435. The molecule has 11 heteroatoms. The second-order valence-corrected chi connectivity index (χ2v) is 7.38. The number of nitrogens with one attached hydrogen (secondary N) is 2. The number of pyridine rings is 2. The summed E-state index contributed by atoms with van der Waals surface area (Å²) < 4.78 is 17.2. The molecule has 0 spiro atoms. The van der Waals surface area contributed by atoms with Gasteiger partial charge >= 0.3 is 0 Å². The minimum absolute atomic E-state index is 0.0521. The first-order valence-corrected chi connectivity index (χ1v) is 11.1. The third-order valence-electron chi connectivity index (χ3n) is 4.93. The number of hydrogen-bond acceptors (Lipinski definition) is 9. The maximum absolute atomic E-state index is 13.2. The van der Waals surface area contributed by atoms with Crippen LogP contribution in [0.4, 0.5) is 5.82 Å². The number of nitrogens with zero attached hydrogens (tertiary/aromatic N) is 4. The van der Waals surface area contributed by atoms with Gasteiger partial charge in [0.05, 0.1) is 32.4 Å². The number of anilines is 1. The predicted octanol–water partition coefficient (Wildman–Crippen LogP) is 1.46. The number of carbonyl (C=O) groups is 1. The van der Waals surface area contributed by atoms with Crippen molar-refractivity contribution in [3.05, 3.63) is 40.9 Å². The Morgan fingerprint density at radius 3 is 2.62 bits per heavy atom. The van der Waals surface area contributed by atoms with Gasteiger partial charge in [0.2, 0.25) is 11.8 Å². The summed E-state index contributed by atoms with van der Waals surface area (Å²) in [6, 6.07) is 5.47. The summed E-state index contributed by atoms with van der Waals surface area (Å²) in [7, 11) is 3.11. The van der Waals surface area contributed by atoms with Crippen molar-refractivity contribution in [2.45, 2.75) is 19.9 Å².